The second kappa shape index (κ2) is 9.10. The third kappa shape index (κ3) is 3.82. The largest absolute Gasteiger partial charge is 0.493 e. The van der Waals surface area contributed by atoms with Crippen molar-refractivity contribution in [3.05, 3.63) is 65.1 Å². The number of allylic oxidation sites excluding steroid dienone is 5. The van der Waals surface area contributed by atoms with Crippen LogP contribution in [-0.2, 0) is 9.84 Å². The molecular weight excluding hydrogens is 470 g/mol. The zero-order valence-corrected chi connectivity index (χ0v) is 22.6. The molecule has 5 nitrogen and oxygen atoms in total. The first-order chi connectivity index (χ1) is 17.2. The molecule has 1 saturated carbocycles. The molecule has 0 N–H and O–H groups in total. The number of benzene rings is 1. The maximum Gasteiger partial charge on any atom is 0.259 e. The van der Waals surface area contributed by atoms with Crippen LogP contribution in [0.4, 0.5) is 0 Å². The zero-order valence-electron chi connectivity index (χ0n) is 21.8. The highest BCUT2D eigenvalue weighted by Crippen LogP contribution is 2.64. The van der Waals surface area contributed by atoms with Crippen LogP contribution < -0.4 is 9.47 Å². The van der Waals surface area contributed by atoms with E-state index < -0.39 is 15.9 Å². The van der Waals surface area contributed by atoms with Crippen LogP contribution in [0.2, 0.25) is 0 Å². The maximum atomic E-state index is 13.4. The summed E-state index contributed by atoms with van der Waals surface area (Å²) in [5.41, 5.74) is 2.70. The van der Waals surface area contributed by atoms with Crippen LogP contribution in [0.3, 0.4) is 0 Å². The molecule has 1 fully saturated rings. The molecule has 192 valence electrons. The summed E-state index contributed by atoms with van der Waals surface area (Å²) in [6.07, 6.45) is 15.9. The van der Waals surface area contributed by atoms with Gasteiger partial charge in [-0.15, -0.1) is 0 Å². The first-order valence-corrected chi connectivity index (χ1v) is 14.7. The summed E-state index contributed by atoms with van der Waals surface area (Å²) in [4.78, 5) is 4.07. The van der Waals surface area contributed by atoms with Crippen LogP contribution in [0.5, 0.6) is 11.5 Å². The van der Waals surface area contributed by atoms with Gasteiger partial charge in [-0.2, -0.15) is 0 Å². The van der Waals surface area contributed by atoms with Gasteiger partial charge in [0.15, 0.2) is 21.3 Å². The van der Waals surface area contributed by atoms with Crippen molar-refractivity contribution >= 4 is 9.84 Å². The van der Waals surface area contributed by atoms with Crippen LogP contribution in [0.25, 0.3) is 4.85 Å². The molecule has 5 rings (SSSR count). The molecule has 4 aliphatic carbocycles. The van der Waals surface area contributed by atoms with E-state index in [0.29, 0.717) is 29.3 Å². The Morgan fingerprint density at radius 2 is 1.83 bits per heavy atom. The Morgan fingerprint density at radius 3 is 2.56 bits per heavy atom. The number of hydrogen-bond donors (Lipinski definition) is 0. The average Bonchev–Trinajstić information content (AvgIpc) is 3.23. The maximum absolute atomic E-state index is 13.4. The van der Waals surface area contributed by atoms with Crippen LogP contribution >= 0.6 is 0 Å². The van der Waals surface area contributed by atoms with E-state index in [2.05, 4.69) is 43.0 Å². The molecule has 0 saturated heterocycles. The fraction of sp³-hybridized carbons (Fsp3) is 0.567. The number of ether oxygens (including phenoxy) is 2. The summed E-state index contributed by atoms with van der Waals surface area (Å²) in [5.74, 6) is 2.37. The van der Waals surface area contributed by atoms with Crippen molar-refractivity contribution in [3.8, 4) is 11.5 Å². The van der Waals surface area contributed by atoms with Crippen molar-refractivity contribution in [2.75, 3.05) is 20.0 Å². The summed E-state index contributed by atoms with van der Waals surface area (Å²) < 4.78 is 37.4. The SMILES string of the molecule is [C-]#[N+]C(CS(=O)(=O)c1ccc(OC)c(OC)c1)C1=CC[C@H]2[C@@H]3CC=C4C=CCC[C@]4(C)[C@H]3CC[C@]12C. The van der Waals surface area contributed by atoms with Gasteiger partial charge in [-0.25, -0.2) is 15.0 Å². The lowest BCUT2D eigenvalue weighted by molar-refractivity contribution is -0.0101. The van der Waals surface area contributed by atoms with Gasteiger partial charge in [-0.05, 0) is 84.8 Å². The van der Waals surface area contributed by atoms with E-state index in [4.69, 9.17) is 16.0 Å². The number of rotatable bonds is 6. The molecule has 1 unspecified atom stereocenters. The smallest absolute Gasteiger partial charge is 0.259 e. The summed E-state index contributed by atoms with van der Waals surface area (Å²) in [7, 11) is -0.676. The molecular formula is C30H37NO4S. The third-order valence-electron chi connectivity index (χ3n) is 9.90. The minimum Gasteiger partial charge on any atom is -0.493 e. The van der Waals surface area contributed by atoms with Crippen molar-refractivity contribution in [1.29, 1.82) is 0 Å². The predicted molar refractivity (Wildman–Crippen MR) is 142 cm³/mol. The van der Waals surface area contributed by atoms with Gasteiger partial charge >= 0.3 is 0 Å². The van der Waals surface area contributed by atoms with Crippen LogP contribution in [0.1, 0.15) is 52.4 Å². The highest BCUT2D eigenvalue weighted by atomic mass is 32.2. The fourth-order valence-corrected chi connectivity index (χ4v) is 9.35. The summed E-state index contributed by atoms with van der Waals surface area (Å²) in [6.45, 7) is 12.8. The van der Waals surface area contributed by atoms with Crippen molar-refractivity contribution in [3.63, 3.8) is 0 Å². The number of nitrogens with zero attached hydrogens (tertiary/aromatic N) is 1. The van der Waals surface area contributed by atoms with Gasteiger partial charge in [0.1, 0.15) is 5.75 Å². The Hall–Kier alpha value is -2.52. The van der Waals surface area contributed by atoms with E-state index in [1.54, 1.807) is 12.1 Å². The second-order valence-corrected chi connectivity index (χ2v) is 13.5. The Balaban J connectivity index is 1.40. The van der Waals surface area contributed by atoms with E-state index in [1.165, 1.54) is 32.3 Å². The van der Waals surface area contributed by atoms with Gasteiger partial charge in [0.2, 0.25) is 0 Å². The molecule has 36 heavy (non-hydrogen) atoms. The number of fused-ring (bicyclic) bond motifs is 5. The quantitative estimate of drug-likeness (QED) is 0.329. The molecule has 6 heteroatoms. The minimum absolute atomic E-state index is 0.115. The minimum atomic E-state index is -3.69. The number of hydrogen-bond acceptors (Lipinski definition) is 4. The van der Waals surface area contributed by atoms with Gasteiger partial charge in [-0.1, -0.05) is 38.2 Å². The Labute approximate surface area is 216 Å². The molecule has 0 amide bonds. The molecule has 0 radical (unpaired) electrons. The topological polar surface area (TPSA) is 57.0 Å². The highest BCUT2D eigenvalue weighted by molar-refractivity contribution is 7.91. The monoisotopic (exact) mass is 507 g/mol. The van der Waals surface area contributed by atoms with Crippen LogP contribution in [0.15, 0.2) is 58.5 Å². The first-order valence-electron chi connectivity index (χ1n) is 13.1. The van der Waals surface area contributed by atoms with E-state index in [0.717, 1.165) is 37.7 Å². The lowest BCUT2D eigenvalue weighted by Gasteiger charge is -2.56. The van der Waals surface area contributed by atoms with Gasteiger partial charge in [0.05, 0.1) is 19.1 Å². The van der Waals surface area contributed by atoms with E-state index in [-0.39, 0.29) is 21.5 Å². The Morgan fingerprint density at radius 1 is 1.06 bits per heavy atom. The summed E-state index contributed by atoms with van der Waals surface area (Å²) in [6, 6.07) is 3.98. The fourth-order valence-electron chi connectivity index (χ4n) is 7.93. The molecule has 1 aromatic rings. The van der Waals surface area contributed by atoms with Gasteiger partial charge in [0.25, 0.3) is 6.04 Å². The van der Waals surface area contributed by atoms with Crippen molar-refractivity contribution < 1.29 is 17.9 Å². The molecule has 1 aromatic carbocycles. The Bertz CT molecular complexity index is 1290. The number of sulfone groups is 1. The molecule has 0 spiro atoms. The van der Waals surface area contributed by atoms with Gasteiger partial charge < -0.3 is 14.3 Å². The molecule has 6 atom stereocenters. The molecule has 0 aromatic heterocycles. The standard InChI is InChI=1S/C30H37NO4S/c1-29-16-7-6-8-20(29)9-11-22-23-12-13-25(30(23,2)17-15-24(22)29)26(31-3)19-36(32,33)21-10-14-27(34-4)28(18-21)35-5/h6,8-10,13-14,18,22-24,26H,7,11-12,15-17,19H2,1-2,4-5H3/t22-,23-,24-,26?,29-,30-/m0/s1. The second-order valence-electron chi connectivity index (χ2n) is 11.4. The average molecular weight is 508 g/mol. The van der Waals surface area contributed by atoms with E-state index >= 15 is 0 Å². The Kier molecular flexibility index (Phi) is 6.35. The molecule has 0 bridgehead atoms. The van der Waals surface area contributed by atoms with Crippen molar-refractivity contribution in [2.45, 2.75) is 63.3 Å². The van der Waals surface area contributed by atoms with Crippen LogP contribution in [0, 0.1) is 35.2 Å². The lowest BCUT2D eigenvalue weighted by atomic mass is 9.48. The van der Waals surface area contributed by atoms with E-state index in [9.17, 15) is 8.42 Å². The molecule has 0 heterocycles. The van der Waals surface area contributed by atoms with Crippen LogP contribution in [-0.4, -0.2) is 34.4 Å². The van der Waals surface area contributed by atoms with Crippen molar-refractivity contribution in [2.24, 2.45) is 28.6 Å². The molecule has 4 aliphatic rings. The third-order valence-corrected chi connectivity index (χ3v) is 11.6. The van der Waals surface area contributed by atoms with Gasteiger partial charge in [0, 0.05) is 11.6 Å². The normalized spacial score (nSPS) is 33.8. The lowest BCUT2D eigenvalue weighted by Crippen LogP contribution is -2.49. The predicted octanol–water partition coefficient (Wildman–Crippen LogP) is 6.43. The molecule has 0 aliphatic heterocycles. The first kappa shape index (κ1) is 25.1. The van der Waals surface area contributed by atoms with Crippen molar-refractivity contribution in [1.82, 2.24) is 0 Å². The zero-order chi connectivity index (χ0) is 25.7. The summed E-state index contributed by atoms with van der Waals surface area (Å²) in [5, 5.41) is 0. The highest BCUT2D eigenvalue weighted by Gasteiger charge is 2.58. The summed E-state index contributed by atoms with van der Waals surface area (Å²) >= 11 is 0. The number of methoxy groups -OCH3 is 2. The van der Waals surface area contributed by atoms with E-state index in [1.807, 2.05) is 0 Å². The van der Waals surface area contributed by atoms with Gasteiger partial charge in [-0.3, -0.25) is 0 Å².